The molecule has 2 aromatic carbocycles. The molecule has 2 aromatic rings. The van der Waals surface area contributed by atoms with Crippen LogP contribution in [0, 0.1) is 6.92 Å². The Hall–Kier alpha value is -1.56. The molecule has 0 unspecified atom stereocenters. The average Bonchev–Trinajstić information content (AvgIpc) is 2.47. The highest BCUT2D eigenvalue weighted by Gasteiger charge is 2.13. The number of hydrazine groups is 1. The lowest BCUT2D eigenvalue weighted by Gasteiger charge is -2.13. The van der Waals surface area contributed by atoms with Gasteiger partial charge in [0.2, 0.25) is 0 Å². The lowest BCUT2D eigenvalue weighted by molar-refractivity contribution is 0.0953. The maximum atomic E-state index is 11.5. The highest BCUT2D eigenvalue weighted by Crippen LogP contribution is 2.35. The van der Waals surface area contributed by atoms with Gasteiger partial charge in [-0.25, -0.2) is 5.84 Å². The second kappa shape index (κ2) is 6.93. The van der Waals surface area contributed by atoms with E-state index >= 15 is 0 Å². The van der Waals surface area contributed by atoms with Gasteiger partial charge in [0.15, 0.2) is 5.75 Å². The molecule has 110 valence electrons. The van der Waals surface area contributed by atoms with E-state index in [1.54, 1.807) is 6.07 Å². The third-order valence-corrected chi connectivity index (χ3v) is 3.89. The second-order valence-corrected chi connectivity index (χ2v) is 5.72. The first-order chi connectivity index (χ1) is 10.0. The van der Waals surface area contributed by atoms with Crippen LogP contribution in [0.1, 0.15) is 21.5 Å². The van der Waals surface area contributed by atoms with E-state index in [0.717, 1.165) is 11.1 Å². The van der Waals surface area contributed by atoms with Gasteiger partial charge in [0.05, 0.1) is 9.50 Å². The molecule has 0 aliphatic rings. The summed E-state index contributed by atoms with van der Waals surface area (Å²) in [6, 6.07) is 11.1. The number of rotatable bonds is 4. The number of hydrogen-bond acceptors (Lipinski definition) is 3. The van der Waals surface area contributed by atoms with E-state index in [0.29, 0.717) is 27.4 Å². The number of hydrogen-bond donors (Lipinski definition) is 2. The van der Waals surface area contributed by atoms with E-state index in [9.17, 15) is 4.79 Å². The fourth-order valence-electron chi connectivity index (χ4n) is 1.83. The van der Waals surface area contributed by atoms with Crippen LogP contribution in [0.4, 0.5) is 0 Å². The van der Waals surface area contributed by atoms with Crippen molar-refractivity contribution >= 4 is 33.4 Å². The number of carbonyl (C=O) groups is 1. The van der Waals surface area contributed by atoms with Crippen LogP contribution in [0.5, 0.6) is 5.75 Å². The van der Waals surface area contributed by atoms with Crippen LogP contribution < -0.4 is 16.0 Å². The fourth-order valence-corrected chi connectivity index (χ4v) is 2.80. The van der Waals surface area contributed by atoms with Gasteiger partial charge in [-0.3, -0.25) is 10.2 Å². The lowest BCUT2D eigenvalue weighted by Crippen LogP contribution is -2.29. The number of nitrogen functional groups attached to an aromatic ring is 1. The first-order valence-electron chi connectivity index (χ1n) is 6.20. The standard InChI is InChI=1S/C15H14BrClN2O2/c1-9-4-2-3-5-10(9)8-21-14-12(16)6-11(7-13(14)17)15(20)19-18/h2-7H,8,18H2,1H3,(H,19,20). The molecular formula is C15H14BrClN2O2. The van der Waals surface area contributed by atoms with Crippen molar-refractivity contribution in [3.63, 3.8) is 0 Å². The third-order valence-electron chi connectivity index (χ3n) is 3.02. The van der Waals surface area contributed by atoms with Gasteiger partial charge in [-0.1, -0.05) is 35.9 Å². The number of halogens is 2. The molecule has 0 aliphatic heterocycles. The summed E-state index contributed by atoms with van der Waals surface area (Å²) < 4.78 is 6.36. The molecular weight excluding hydrogens is 356 g/mol. The van der Waals surface area contributed by atoms with Crippen molar-refractivity contribution in [3.05, 3.63) is 62.6 Å². The number of carbonyl (C=O) groups excluding carboxylic acids is 1. The summed E-state index contributed by atoms with van der Waals surface area (Å²) in [5.41, 5.74) is 4.64. The normalized spacial score (nSPS) is 10.3. The Labute approximate surface area is 136 Å². The van der Waals surface area contributed by atoms with Gasteiger partial charge >= 0.3 is 0 Å². The molecule has 21 heavy (non-hydrogen) atoms. The molecule has 3 N–H and O–H groups in total. The van der Waals surface area contributed by atoms with Crippen LogP contribution in [0.25, 0.3) is 0 Å². The van der Waals surface area contributed by atoms with Crippen molar-refractivity contribution in [2.75, 3.05) is 0 Å². The molecule has 0 fully saturated rings. The summed E-state index contributed by atoms with van der Waals surface area (Å²) in [4.78, 5) is 11.5. The quantitative estimate of drug-likeness (QED) is 0.492. The topological polar surface area (TPSA) is 64.3 Å². The van der Waals surface area contributed by atoms with Crippen molar-refractivity contribution in [3.8, 4) is 5.75 Å². The molecule has 1 amide bonds. The molecule has 0 spiro atoms. The van der Waals surface area contributed by atoms with Gasteiger partial charge < -0.3 is 4.74 Å². The van der Waals surface area contributed by atoms with Gasteiger partial charge in [-0.15, -0.1) is 0 Å². The molecule has 0 saturated carbocycles. The average molecular weight is 370 g/mol. The molecule has 0 radical (unpaired) electrons. The van der Waals surface area contributed by atoms with Gasteiger partial charge in [-0.05, 0) is 46.1 Å². The number of amides is 1. The molecule has 0 aromatic heterocycles. The minimum absolute atomic E-state index is 0.344. The lowest BCUT2D eigenvalue weighted by atomic mass is 10.1. The van der Waals surface area contributed by atoms with Crippen LogP contribution in [-0.2, 0) is 6.61 Å². The van der Waals surface area contributed by atoms with Gasteiger partial charge in [-0.2, -0.15) is 0 Å². The minimum Gasteiger partial charge on any atom is -0.486 e. The summed E-state index contributed by atoms with van der Waals surface area (Å²) in [6.07, 6.45) is 0. The van der Waals surface area contributed by atoms with Crippen LogP contribution >= 0.6 is 27.5 Å². The Morgan fingerprint density at radius 2 is 2.10 bits per heavy atom. The van der Waals surface area contributed by atoms with Gasteiger partial charge in [0, 0.05) is 5.56 Å². The van der Waals surface area contributed by atoms with E-state index in [1.807, 2.05) is 31.2 Å². The Morgan fingerprint density at radius 1 is 1.38 bits per heavy atom. The Bertz CT molecular complexity index is 653. The largest absolute Gasteiger partial charge is 0.486 e. The van der Waals surface area contributed by atoms with Crippen LogP contribution in [0.15, 0.2) is 40.9 Å². The molecule has 0 aliphatic carbocycles. The number of nitrogens with one attached hydrogen (secondary N) is 1. The highest BCUT2D eigenvalue weighted by atomic mass is 79.9. The van der Waals surface area contributed by atoms with E-state index in [2.05, 4.69) is 21.4 Å². The van der Waals surface area contributed by atoms with E-state index < -0.39 is 5.91 Å². The summed E-state index contributed by atoms with van der Waals surface area (Å²) in [7, 11) is 0. The summed E-state index contributed by atoms with van der Waals surface area (Å²) >= 11 is 9.52. The zero-order valence-electron chi connectivity index (χ0n) is 11.3. The Kier molecular flexibility index (Phi) is 5.22. The van der Waals surface area contributed by atoms with Crippen molar-refractivity contribution in [1.82, 2.24) is 5.43 Å². The Morgan fingerprint density at radius 3 is 2.71 bits per heavy atom. The molecule has 0 bridgehead atoms. The van der Waals surface area contributed by atoms with Crippen LogP contribution in [0.2, 0.25) is 5.02 Å². The first-order valence-corrected chi connectivity index (χ1v) is 7.37. The SMILES string of the molecule is Cc1ccccc1COc1c(Cl)cc(C(=O)NN)cc1Br. The zero-order valence-corrected chi connectivity index (χ0v) is 13.7. The van der Waals surface area contributed by atoms with E-state index in [-0.39, 0.29) is 0 Å². The van der Waals surface area contributed by atoms with Gasteiger partial charge in [0.1, 0.15) is 6.61 Å². The zero-order chi connectivity index (χ0) is 15.4. The van der Waals surface area contributed by atoms with Gasteiger partial charge in [0.25, 0.3) is 5.91 Å². The summed E-state index contributed by atoms with van der Waals surface area (Å²) in [5.74, 6) is 5.18. The predicted molar refractivity (Wildman–Crippen MR) is 86.3 cm³/mol. The highest BCUT2D eigenvalue weighted by molar-refractivity contribution is 9.10. The van der Waals surface area contributed by atoms with Crippen molar-refractivity contribution in [2.24, 2.45) is 5.84 Å². The number of aryl methyl sites for hydroxylation is 1. The summed E-state index contributed by atoms with van der Waals surface area (Å²) in [6.45, 7) is 2.41. The molecule has 0 heterocycles. The number of ether oxygens (including phenoxy) is 1. The molecule has 2 rings (SSSR count). The molecule has 0 saturated heterocycles. The number of nitrogens with two attached hydrogens (primary N) is 1. The fraction of sp³-hybridized carbons (Fsp3) is 0.133. The minimum atomic E-state index is -0.414. The number of benzene rings is 2. The maximum Gasteiger partial charge on any atom is 0.265 e. The van der Waals surface area contributed by atoms with E-state index in [4.69, 9.17) is 22.2 Å². The Balaban J connectivity index is 2.21. The molecule has 0 atom stereocenters. The third kappa shape index (κ3) is 3.75. The molecule has 6 heteroatoms. The monoisotopic (exact) mass is 368 g/mol. The maximum absolute atomic E-state index is 11.5. The van der Waals surface area contributed by atoms with Crippen molar-refractivity contribution in [1.29, 1.82) is 0 Å². The van der Waals surface area contributed by atoms with Crippen molar-refractivity contribution in [2.45, 2.75) is 13.5 Å². The van der Waals surface area contributed by atoms with Crippen LogP contribution in [-0.4, -0.2) is 5.91 Å². The first kappa shape index (κ1) is 15.8. The second-order valence-electron chi connectivity index (χ2n) is 4.46. The smallest absolute Gasteiger partial charge is 0.265 e. The van der Waals surface area contributed by atoms with Crippen molar-refractivity contribution < 1.29 is 9.53 Å². The van der Waals surface area contributed by atoms with Crippen LogP contribution in [0.3, 0.4) is 0 Å². The van der Waals surface area contributed by atoms with E-state index in [1.165, 1.54) is 6.07 Å². The predicted octanol–water partition coefficient (Wildman–Crippen LogP) is 3.59. The summed E-state index contributed by atoms with van der Waals surface area (Å²) in [5, 5.41) is 0.344. The molecule has 4 nitrogen and oxygen atoms in total.